The monoisotopic (exact) mass is 278 g/mol. The summed E-state index contributed by atoms with van der Waals surface area (Å²) in [5.74, 6) is -1.42. The van der Waals surface area contributed by atoms with Gasteiger partial charge in [-0.3, -0.25) is 4.79 Å². The lowest BCUT2D eigenvalue weighted by Gasteiger charge is -2.22. The third-order valence-electron chi connectivity index (χ3n) is 2.35. The molecule has 0 aromatic carbocycles. The Hall–Kier alpha value is -2.34. The van der Waals surface area contributed by atoms with E-state index in [1.54, 1.807) is 39.8 Å². The first kappa shape index (κ1) is 17.7. The van der Waals surface area contributed by atoms with Gasteiger partial charge in [-0.25, -0.2) is 4.79 Å². The standard InChI is InChI=1S/C14H18N2O4/c1-6-19-12(17)11(9(2)10(7-15)8-16)20-13(18)14(3,4)5/h11H,6H2,1-5H3. The second-order valence-electron chi connectivity index (χ2n) is 5.07. The summed E-state index contributed by atoms with van der Waals surface area (Å²) in [5.41, 5.74) is -1.03. The lowest BCUT2D eigenvalue weighted by Crippen LogP contribution is -2.35. The van der Waals surface area contributed by atoms with Crippen LogP contribution in [0.4, 0.5) is 0 Å². The summed E-state index contributed by atoms with van der Waals surface area (Å²) in [6.45, 7) is 7.99. The molecule has 0 aliphatic rings. The fourth-order valence-corrected chi connectivity index (χ4v) is 1.15. The first-order chi connectivity index (χ1) is 9.18. The van der Waals surface area contributed by atoms with Crippen LogP contribution in [-0.2, 0) is 19.1 Å². The molecule has 0 aromatic heterocycles. The molecular weight excluding hydrogens is 260 g/mol. The molecule has 1 unspecified atom stereocenters. The maximum atomic E-state index is 11.9. The summed E-state index contributed by atoms with van der Waals surface area (Å²) < 4.78 is 9.91. The lowest BCUT2D eigenvalue weighted by molar-refractivity contribution is -0.170. The van der Waals surface area contributed by atoms with Crippen molar-refractivity contribution in [3.63, 3.8) is 0 Å². The van der Waals surface area contributed by atoms with E-state index in [9.17, 15) is 9.59 Å². The second kappa shape index (κ2) is 7.30. The van der Waals surface area contributed by atoms with Gasteiger partial charge in [-0.1, -0.05) is 0 Å². The average Bonchev–Trinajstić information content (AvgIpc) is 2.35. The molecule has 0 aliphatic carbocycles. The number of hydrogen-bond acceptors (Lipinski definition) is 6. The van der Waals surface area contributed by atoms with E-state index >= 15 is 0 Å². The van der Waals surface area contributed by atoms with E-state index in [-0.39, 0.29) is 17.8 Å². The maximum absolute atomic E-state index is 11.9. The summed E-state index contributed by atoms with van der Waals surface area (Å²) in [7, 11) is 0. The summed E-state index contributed by atoms with van der Waals surface area (Å²) in [6, 6.07) is 3.32. The molecule has 0 fully saturated rings. The lowest BCUT2D eigenvalue weighted by atomic mass is 9.97. The minimum Gasteiger partial charge on any atom is -0.463 e. The molecule has 0 saturated carbocycles. The van der Waals surface area contributed by atoms with E-state index in [2.05, 4.69) is 0 Å². The molecular formula is C14H18N2O4. The fourth-order valence-electron chi connectivity index (χ4n) is 1.15. The van der Waals surface area contributed by atoms with Crippen molar-refractivity contribution in [1.29, 1.82) is 10.5 Å². The highest BCUT2D eigenvalue weighted by atomic mass is 16.6. The van der Waals surface area contributed by atoms with Gasteiger partial charge < -0.3 is 9.47 Å². The van der Waals surface area contributed by atoms with Crippen LogP contribution in [0, 0.1) is 28.1 Å². The van der Waals surface area contributed by atoms with Crippen molar-refractivity contribution in [3.8, 4) is 12.1 Å². The number of hydrogen-bond donors (Lipinski definition) is 0. The first-order valence-corrected chi connectivity index (χ1v) is 6.07. The molecule has 20 heavy (non-hydrogen) atoms. The van der Waals surface area contributed by atoms with Crippen LogP contribution in [0.3, 0.4) is 0 Å². The Kier molecular flexibility index (Phi) is 6.44. The van der Waals surface area contributed by atoms with Crippen molar-refractivity contribution in [2.45, 2.75) is 40.7 Å². The zero-order chi connectivity index (χ0) is 15.9. The van der Waals surface area contributed by atoms with E-state index in [0.29, 0.717) is 0 Å². The normalized spacial score (nSPS) is 11.6. The predicted molar refractivity (Wildman–Crippen MR) is 69.9 cm³/mol. The summed E-state index contributed by atoms with van der Waals surface area (Å²) in [5, 5.41) is 17.7. The zero-order valence-electron chi connectivity index (χ0n) is 12.3. The quantitative estimate of drug-likeness (QED) is 0.574. The fraction of sp³-hybridized carbons (Fsp3) is 0.571. The Balaban J connectivity index is 5.50. The molecule has 0 saturated heterocycles. The molecule has 0 bridgehead atoms. The molecule has 0 rings (SSSR count). The molecule has 0 aromatic rings. The van der Waals surface area contributed by atoms with E-state index < -0.39 is 23.5 Å². The highest BCUT2D eigenvalue weighted by molar-refractivity contribution is 5.84. The van der Waals surface area contributed by atoms with E-state index in [0.717, 1.165) is 0 Å². The van der Waals surface area contributed by atoms with Gasteiger partial charge in [0.25, 0.3) is 0 Å². The summed E-state index contributed by atoms with van der Waals surface area (Å²) in [6.07, 6.45) is -1.38. The Morgan fingerprint density at radius 3 is 2.05 bits per heavy atom. The highest BCUT2D eigenvalue weighted by Gasteiger charge is 2.33. The number of carbonyl (C=O) groups is 2. The maximum Gasteiger partial charge on any atom is 0.351 e. The van der Waals surface area contributed by atoms with Gasteiger partial charge in [0, 0.05) is 5.57 Å². The van der Waals surface area contributed by atoms with Crippen molar-refractivity contribution >= 4 is 11.9 Å². The van der Waals surface area contributed by atoms with Gasteiger partial charge in [0.1, 0.15) is 17.7 Å². The largest absolute Gasteiger partial charge is 0.463 e. The molecule has 1 atom stereocenters. The Morgan fingerprint density at radius 1 is 1.20 bits per heavy atom. The molecule has 0 heterocycles. The van der Waals surface area contributed by atoms with Crippen LogP contribution < -0.4 is 0 Å². The number of rotatable bonds is 4. The molecule has 0 spiro atoms. The van der Waals surface area contributed by atoms with Crippen LogP contribution in [0.1, 0.15) is 34.6 Å². The van der Waals surface area contributed by atoms with Gasteiger partial charge in [-0.15, -0.1) is 0 Å². The number of carbonyl (C=O) groups excluding carboxylic acids is 2. The minimum atomic E-state index is -1.38. The predicted octanol–water partition coefficient (Wildman–Crippen LogP) is 1.87. The first-order valence-electron chi connectivity index (χ1n) is 6.07. The van der Waals surface area contributed by atoms with E-state index in [1.807, 2.05) is 0 Å². The van der Waals surface area contributed by atoms with Crippen LogP contribution in [0.5, 0.6) is 0 Å². The molecule has 0 N–H and O–H groups in total. The van der Waals surface area contributed by atoms with Gasteiger partial charge in [0.15, 0.2) is 0 Å². The minimum absolute atomic E-state index is 0.0612. The Morgan fingerprint density at radius 2 is 1.70 bits per heavy atom. The van der Waals surface area contributed by atoms with Crippen molar-refractivity contribution in [3.05, 3.63) is 11.1 Å². The third-order valence-corrected chi connectivity index (χ3v) is 2.35. The number of allylic oxidation sites excluding steroid dienone is 1. The molecule has 108 valence electrons. The Bertz CT molecular complexity index is 485. The average molecular weight is 278 g/mol. The van der Waals surface area contributed by atoms with Crippen LogP contribution >= 0.6 is 0 Å². The topological polar surface area (TPSA) is 100 Å². The van der Waals surface area contributed by atoms with Crippen LogP contribution in [0.2, 0.25) is 0 Å². The van der Waals surface area contributed by atoms with Gasteiger partial charge >= 0.3 is 11.9 Å². The van der Waals surface area contributed by atoms with Crippen LogP contribution in [0.15, 0.2) is 11.1 Å². The van der Waals surface area contributed by atoms with Gasteiger partial charge in [0.2, 0.25) is 6.10 Å². The van der Waals surface area contributed by atoms with Gasteiger partial charge in [0.05, 0.1) is 12.0 Å². The second-order valence-corrected chi connectivity index (χ2v) is 5.07. The Labute approximate surface area is 118 Å². The molecule has 6 heteroatoms. The van der Waals surface area contributed by atoms with Crippen LogP contribution in [-0.4, -0.2) is 24.6 Å². The highest BCUT2D eigenvalue weighted by Crippen LogP contribution is 2.20. The third kappa shape index (κ3) is 4.74. The molecule has 6 nitrogen and oxygen atoms in total. The van der Waals surface area contributed by atoms with Crippen LogP contribution in [0.25, 0.3) is 0 Å². The number of nitriles is 2. The number of ether oxygens (including phenoxy) is 2. The molecule has 0 amide bonds. The van der Waals surface area contributed by atoms with Gasteiger partial charge in [-0.05, 0) is 34.6 Å². The molecule has 0 aliphatic heterocycles. The van der Waals surface area contributed by atoms with Crippen molar-refractivity contribution in [2.24, 2.45) is 5.41 Å². The SMILES string of the molecule is CCOC(=O)C(OC(=O)C(C)(C)C)C(C)=C(C#N)C#N. The van der Waals surface area contributed by atoms with E-state index in [4.69, 9.17) is 20.0 Å². The summed E-state index contributed by atoms with van der Waals surface area (Å²) >= 11 is 0. The van der Waals surface area contributed by atoms with Crippen molar-refractivity contribution in [1.82, 2.24) is 0 Å². The molecule has 0 radical (unpaired) electrons. The zero-order valence-corrected chi connectivity index (χ0v) is 12.3. The van der Waals surface area contributed by atoms with Crippen molar-refractivity contribution in [2.75, 3.05) is 6.61 Å². The van der Waals surface area contributed by atoms with Gasteiger partial charge in [-0.2, -0.15) is 10.5 Å². The smallest absolute Gasteiger partial charge is 0.351 e. The summed E-state index contributed by atoms with van der Waals surface area (Å²) in [4.78, 5) is 23.7. The van der Waals surface area contributed by atoms with Crippen molar-refractivity contribution < 1.29 is 19.1 Å². The number of esters is 2. The number of nitrogens with zero attached hydrogens (tertiary/aromatic N) is 2. The van der Waals surface area contributed by atoms with E-state index in [1.165, 1.54) is 6.92 Å².